The molecule has 0 aliphatic heterocycles. The third-order valence-electron chi connectivity index (χ3n) is 2.70. The van der Waals surface area contributed by atoms with Crippen molar-refractivity contribution in [3.05, 3.63) is 29.6 Å². The number of ether oxygens (including phenoxy) is 1. The summed E-state index contributed by atoms with van der Waals surface area (Å²) in [5.74, 6) is -2.10. The highest BCUT2D eigenvalue weighted by molar-refractivity contribution is 6.16. The summed E-state index contributed by atoms with van der Waals surface area (Å²) >= 11 is 5.74. The van der Waals surface area contributed by atoms with Crippen molar-refractivity contribution in [3.63, 3.8) is 0 Å². The maximum Gasteiger partial charge on any atom is 0.243 e. The Morgan fingerprint density at radius 1 is 1.45 bits per heavy atom. The van der Waals surface area contributed by atoms with Crippen molar-refractivity contribution in [2.24, 2.45) is 5.73 Å². The second kappa shape index (κ2) is 6.15. The molecule has 0 bridgehead atoms. The van der Waals surface area contributed by atoms with Crippen molar-refractivity contribution in [2.45, 2.75) is 12.4 Å². The molecule has 1 amide bonds. The molecule has 0 atom stereocenters. The maximum atomic E-state index is 13.9. The van der Waals surface area contributed by atoms with Gasteiger partial charge < -0.3 is 15.0 Å². The van der Waals surface area contributed by atoms with Crippen LogP contribution in [0, 0.1) is 11.6 Å². The number of carbonyl (C=O) groups is 1. The molecule has 108 valence electrons. The van der Waals surface area contributed by atoms with Crippen LogP contribution in [-0.4, -0.2) is 28.7 Å². The Hall–Kier alpha value is -1.73. The Balaban J connectivity index is 2.30. The summed E-state index contributed by atoms with van der Waals surface area (Å²) in [6, 6.07) is 2.39. The number of primary amides is 1. The SMILES string of the molecule is NC(=O)COCCn1c(CCl)nc2ccc(F)c(F)c21. The van der Waals surface area contributed by atoms with Crippen molar-refractivity contribution >= 4 is 28.5 Å². The predicted molar refractivity (Wildman–Crippen MR) is 69.2 cm³/mol. The number of halogens is 3. The fourth-order valence-electron chi connectivity index (χ4n) is 1.88. The van der Waals surface area contributed by atoms with Crippen LogP contribution in [-0.2, 0) is 22.0 Å². The zero-order valence-electron chi connectivity index (χ0n) is 10.4. The van der Waals surface area contributed by atoms with Crippen molar-refractivity contribution < 1.29 is 18.3 Å². The van der Waals surface area contributed by atoms with Gasteiger partial charge >= 0.3 is 0 Å². The number of rotatable bonds is 6. The van der Waals surface area contributed by atoms with E-state index in [9.17, 15) is 13.6 Å². The van der Waals surface area contributed by atoms with Gasteiger partial charge in [-0.15, -0.1) is 11.6 Å². The van der Waals surface area contributed by atoms with E-state index in [4.69, 9.17) is 22.1 Å². The van der Waals surface area contributed by atoms with Gasteiger partial charge in [-0.2, -0.15) is 0 Å². The van der Waals surface area contributed by atoms with Crippen LogP contribution in [0.1, 0.15) is 5.82 Å². The molecule has 5 nitrogen and oxygen atoms in total. The van der Waals surface area contributed by atoms with Gasteiger partial charge in [0.1, 0.15) is 17.9 Å². The molecule has 2 aromatic rings. The summed E-state index contributed by atoms with van der Waals surface area (Å²) in [7, 11) is 0. The lowest BCUT2D eigenvalue weighted by molar-refractivity contribution is -0.122. The van der Waals surface area contributed by atoms with Gasteiger partial charge in [0.05, 0.1) is 18.0 Å². The number of fused-ring (bicyclic) bond motifs is 1. The summed E-state index contributed by atoms with van der Waals surface area (Å²) in [6.45, 7) is 0.0557. The second-order valence-corrected chi connectivity index (χ2v) is 4.33. The number of imidazole rings is 1. The largest absolute Gasteiger partial charge is 0.370 e. The summed E-state index contributed by atoms with van der Waals surface area (Å²) in [5, 5.41) is 0. The zero-order chi connectivity index (χ0) is 14.7. The molecule has 0 spiro atoms. The molecular weight excluding hydrogens is 292 g/mol. The number of aromatic nitrogens is 2. The summed E-state index contributed by atoms with van der Waals surface area (Å²) in [4.78, 5) is 14.7. The summed E-state index contributed by atoms with van der Waals surface area (Å²) in [6.07, 6.45) is 0. The molecule has 0 aliphatic carbocycles. The Labute approximate surface area is 118 Å². The smallest absolute Gasteiger partial charge is 0.243 e. The Kier molecular flexibility index (Phi) is 4.51. The van der Waals surface area contributed by atoms with Crippen LogP contribution in [0.15, 0.2) is 12.1 Å². The Morgan fingerprint density at radius 3 is 2.85 bits per heavy atom. The Bertz CT molecular complexity index is 645. The lowest BCUT2D eigenvalue weighted by Crippen LogP contribution is -2.20. The van der Waals surface area contributed by atoms with Gasteiger partial charge in [-0.05, 0) is 12.1 Å². The van der Waals surface area contributed by atoms with E-state index in [2.05, 4.69) is 4.98 Å². The number of benzene rings is 1. The monoisotopic (exact) mass is 303 g/mol. The van der Waals surface area contributed by atoms with Gasteiger partial charge in [-0.3, -0.25) is 4.79 Å². The number of amides is 1. The number of nitrogens with zero attached hydrogens (tertiary/aromatic N) is 2. The number of carbonyl (C=O) groups excluding carboxylic acids is 1. The van der Waals surface area contributed by atoms with Crippen LogP contribution < -0.4 is 5.73 Å². The molecular formula is C12H12ClF2N3O2. The Morgan fingerprint density at radius 2 is 2.20 bits per heavy atom. The molecule has 0 unspecified atom stereocenters. The lowest BCUT2D eigenvalue weighted by Gasteiger charge is -2.08. The fourth-order valence-corrected chi connectivity index (χ4v) is 2.08. The fraction of sp³-hybridized carbons (Fsp3) is 0.333. The van der Waals surface area contributed by atoms with E-state index < -0.39 is 17.5 Å². The number of hydrogen-bond acceptors (Lipinski definition) is 3. The molecule has 2 rings (SSSR count). The van der Waals surface area contributed by atoms with Gasteiger partial charge in [0.2, 0.25) is 5.91 Å². The number of nitrogens with two attached hydrogens (primary N) is 1. The van der Waals surface area contributed by atoms with Gasteiger partial charge in [0.15, 0.2) is 11.6 Å². The van der Waals surface area contributed by atoms with Gasteiger partial charge in [-0.1, -0.05) is 0 Å². The first kappa shape index (κ1) is 14.7. The zero-order valence-corrected chi connectivity index (χ0v) is 11.2. The molecule has 20 heavy (non-hydrogen) atoms. The normalized spacial score (nSPS) is 11.2. The highest BCUT2D eigenvalue weighted by atomic mass is 35.5. The molecule has 1 aromatic heterocycles. The van der Waals surface area contributed by atoms with Crippen LogP contribution in [0.3, 0.4) is 0 Å². The minimum absolute atomic E-state index is 0.0309. The van der Waals surface area contributed by atoms with E-state index in [1.807, 2.05) is 0 Å². The quantitative estimate of drug-likeness (QED) is 0.650. The molecule has 0 fully saturated rings. The molecule has 0 aliphatic rings. The molecule has 1 aromatic carbocycles. The van der Waals surface area contributed by atoms with E-state index in [0.29, 0.717) is 11.3 Å². The minimum Gasteiger partial charge on any atom is -0.370 e. The average molecular weight is 304 g/mol. The number of hydrogen-bond donors (Lipinski definition) is 1. The third kappa shape index (κ3) is 2.88. The first-order chi connectivity index (χ1) is 9.54. The first-order valence-electron chi connectivity index (χ1n) is 5.79. The van der Waals surface area contributed by atoms with E-state index in [1.54, 1.807) is 0 Å². The van der Waals surface area contributed by atoms with Crippen LogP contribution in [0.5, 0.6) is 0 Å². The molecule has 0 saturated heterocycles. The highest BCUT2D eigenvalue weighted by Gasteiger charge is 2.16. The second-order valence-electron chi connectivity index (χ2n) is 4.06. The summed E-state index contributed by atoms with van der Waals surface area (Å²) < 4.78 is 33.6. The van der Waals surface area contributed by atoms with Gasteiger partial charge in [-0.25, -0.2) is 13.8 Å². The molecule has 8 heteroatoms. The van der Waals surface area contributed by atoms with Crippen LogP contribution in [0.2, 0.25) is 0 Å². The van der Waals surface area contributed by atoms with Crippen molar-refractivity contribution in [1.29, 1.82) is 0 Å². The van der Waals surface area contributed by atoms with Crippen LogP contribution in [0.4, 0.5) is 8.78 Å². The van der Waals surface area contributed by atoms with Crippen molar-refractivity contribution in [1.82, 2.24) is 9.55 Å². The topological polar surface area (TPSA) is 70.1 Å². The average Bonchev–Trinajstić information content (AvgIpc) is 2.77. The molecule has 0 radical (unpaired) electrons. The van der Waals surface area contributed by atoms with E-state index in [1.165, 1.54) is 10.6 Å². The van der Waals surface area contributed by atoms with E-state index >= 15 is 0 Å². The van der Waals surface area contributed by atoms with Crippen molar-refractivity contribution in [2.75, 3.05) is 13.2 Å². The van der Waals surface area contributed by atoms with E-state index in [-0.39, 0.29) is 31.2 Å². The van der Waals surface area contributed by atoms with Crippen LogP contribution in [0.25, 0.3) is 11.0 Å². The minimum atomic E-state index is -0.985. The predicted octanol–water partition coefficient (Wildman–Crippen LogP) is 1.56. The molecule has 2 N–H and O–H groups in total. The van der Waals surface area contributed by atoms with Crippen molar-refractivity contribution in [3.8, 4) is 0 Å². The van der Waals surface area contributed by atoms with Crippen LogP contribution >= 0.6 is 11.6 Å². The molecule has 1 heterocycles. The maximum absolute atomic E-state index is 13.9. The highest BCUT2D eigenvalue weighted by Crippen LogP contribution is 2.22. The third-order valence-corrected chi connectivity index (χ3v) is 2.94. The first-order valence-corrected chi connectivity index (χ1v) is 6.33. The number of alkyl halides is 1. The molecule has 0 saturated carbocycles. The summed E-state index contributed by atoms with van der Waals surface area (Å²) in [5.41, 5.74) is 5.27. The standard InChI is InChI=1S/C12H12ClF2N3O2/c13-5-10-17-8-2-1-7(14)11(15)12(8)18(10)3-4-20-6-9(16)19/h1-2H,3-6H2,(H2,16,19). The van der Waals surface area contributed by atoms with Gasteiger partial charge in [0.25, 0.3) is 0 Å². The lowest BCUT2D eigenvalue weighted by atomic mass is 10.3. The van der Waals surface area contributed by atoms with Gasteiger partial charge in [0, 0.05) is 6.54 Å². The van der Waals surface area contributed by atoms with E-state index in [0.717, 1.165) is 6.07 Å².